The van der Waals surface area contributed by atoms with Gasteiger partial charge in [-0.1, -0.05) is 35.3 Å². The molecule has 1 heterocycles. The quantitative estimate of drug-likeness (QED) is 0.886. The van der Waals surface area contributed by atoms with Crippen molar-refractivity contribution in [2.75, 3.05) is 10.6 Å². The van der Waals surface area contributed by atoms with Crippen LogP contribution in [0, 0.1) is 0 Å². The number of para-hydroxylation sites is 2. The molecule has 0 bridgehead atoms. The number of fused-ring (bicyclic) bond motifs is 1. The zero-order chi connectivity index (χ0) is 16.4. The van der Waals surface area contributed by atoms with E-state index in [1.165, 1.54) is 6.07 Å². The highest BCUT2D eigenvalue weighted by Gasteiger charge is 2.29. The Morgan fingerprint density at radius 2 is 2.00 bits per heavy atom. The smallest absolute Gasteiger partial charge is 0.266 e. The number of benzene rings is 2. The molecule has 5 nitrogen and oxygen atoms in total. The van der Waals surface area contributed by atoms with Crippen molar-refractivity contribution in [1.29, 1.82) is 0 Å². The van der Waals surface area contributed by atoms with Gasteiger partial charge in [-0.05, 0) is 30.3 Å². The lowest BCUT2D eigenvalue weighted by Crippen LogP contribution is -2.39. The van der Waals surface area contributed by atoms with Crippen LogP contribution in [0.25, 0.3) is 0 Å². The van der Waals surface area contributed by atoms with E-state index >= 15 is 0 Å². The number of amides is 2. The lowest BCUT2D eigenvalue weighted by atomic mass is 10.1. The number of anilines is 2. The maximum atomic E-state index is 12.1. The van der Waals surface area contributed by atoms with Crippen LogP contribution in [-0.2, 0) is 9.59 Å². The van der Waals surface area contributed by atoms with Gasteiger partial charge < -0.3 is 15.4 Å². The average Bonchev–Trinajstić information content (AvgIpc) is 2.51. The second-order valence-corrected chi connectivity index (χ2v) is 5.81. The highest BCUT2D eigenvalue weighted by Crippen LogP contribution is 2.30. The normalized spacial score (nSPS) is 16.1. The van der Waals surface area contributed by atoms with Crippen molar-refractivity contribution in [3.8, 4) is 5.75 Å². The fraction of sp³-hybridized carbons (Fsp3) is 0.125. The van der Waals surface area contributed by atoms with Crippen molar-refractivity contribution in [2.24, 2.45) is 0 Å². The first-order chi connectivity index (χ1) is 11.0. The van der Waals surface area contributed by atoms with Crippen LogP contribution in [0.2, 0.25) is 10.0 Å². The summed E-state index contributed by atoms with van der Waals surface area (Å²) in [5.41, 5.74) is 1.02. The first-order valence-electron chi connectivity index (χ1n) is 6.84. The maximum absolute atomic E-state index is 12.1. The molecule has 0 saturated carbocycles. The molecule has 2 N–H and O–H groups in total. The minimum atomic E-state index is -0.893. The Kier molecular flexibility index (Phi) is 4.41. The summed E-state index contributed by atoms with van der Waals surface area (Å²) in [4.78, 5) is 24.1. The van der Waals surface area contributed by atoms with Gasteiger partial charge in [0.1, 0.15) is 5.75 Å². The van der Waals surface area contributed by atoms with Crippen molar-refractivity contribution < 1.29 is 14.3 Å². The van der Waals surface area contributed by atoms with Crippen LogP contribution in [0.4, 0.5) is 11.4 Å². The zero-order valence-electron chi connectivity index (χ0n) is 11.8. The summed E-state index contributed by atoms with van der Waals surface area (Å²) in [7, 11) is 0. The predicted molar refractivity (Wildman–Crippen MR) is 89.2 cm³/mol. The monoisotopic (exact) mass is 350 g/mol. The van der Waals surface area contributed by atoms with Gasteiger partial charge in [-0.15, -0.1) is 0 Å². The summed E-state index contributed by atoms with van der Waals surface area (Å²) >= 11 is 11.8. The minimum Gasteiger partial charge on any atom is -0.478 e. The van der Waals surface area contributed by atoms with Gasteiger partial charge in [-0.25, -0.2) is 0 Å². The standard InChI is InChI=1S/C16H12Cl2N2O3/c17-9-5-6-11(10(18)7-9)19-15(21)8-14-16(22)20-12-3-1-2-4-13(12)23-14/h1-7,14H,8H2,(H,19,21)(H,20,22). The Labute approximate surface area is 142 Å². The highest BCUT2D eigenvalue weighted by molar-refractivity contribution is 6.36. The van der Waals surface area contributed by atoms with Crippen LogP contribution < -0.4 is 15.4 Å². The van der Waals surface area contributed by atoms with Crippen LogP contribution >= 0.6 is 23.2 Å². The summed E-state index contributed by atoms with van der Waals surface area (Å²) in [6.07, 6.45) is -1.02. The second kappa shape index (κ2) is 6.48. The second-order valence-electron chi connectivity index (χ2n) is 4.97. The number of halogens is 2. The molecule has 1 aliphatic rings. The van der Waals surface area contributed by atoms with Gasteiger partial charge >= 0.3 is 0 Å². The number of hydrogen-bond donors (Lipinski definition) is 2. The fourth-order valence-electron chi connectivity index (χ4n) is 2.19. The average molecular weight is 351 g/mol. The van der Waals surface area contributed by atoms with E-state index in [1.54, 1.807) is 36.4 Å². The van der Waals surface area contributed by atoms with E-state index in [-0.39, 0.29) is 18.2 Å². The topological polar surface area (TPSA) is 67.4 Å². The molecule has 2 aromatic rings. The van der Waals surface area contributed by atoms with Gasteiger partial charge in [0.25, 0.3) is 5.91 Å². The van der Waals surface area contributed by atoms with Crippen LogP contribution in [-0.4, -0.2) is 17.9 Å². The van der Waals surface area contributed by atoms with Gasteiger partial charge in [0.2, 0.25) is 5.91 Å². The molecule has 7 heteroatoms. The Morgan fingerprint density at radius 3 is 2.78 bits per heavy atom. The molecule has 1 atom stereocenters. The molecule has 1 aliphatic heterocycles. The third-order valence-electron chi connectivity index (χ3n) is 3.28. The molecule has 2 amide bonds. The molecule has 3 rings (SSSR count). The first-order valence-corrected chi connectivity index (χ1v) is 7.60. The van der Waals surface area contributed by atoms with Crippen LogP contribution in [0.3, 0.4) is 0 Å². The molecule has 0 aromatic heterocycles. The summed E-state index contributed by atoms with van der Waals surface area (Å²) < 4.78 is 5.57. The molecule has 0 radical (unpaired) electrons. The van der Waals surface area contributed by atoms with Crippen LogP contribution in [0.15, 0.2) is 42.5 Å². The van der Waals surface area contributed by atoms with Crippen molar-refractivity contribution in [3.63, 3.8) is 0 Å². The summed E-state index contributed by atoms with van der Waals surface area (Å²) in [5, 5.41) is 6.15. The molecule has 118 valence electrons. The van der Waals surface area contributed by atoms with E-state index in [2.05, 4.69) is 10.6 Å². The minimum absolute atomic E-state index is 0.126. The molecule has 23 heavy (non-hydrogen) atoms. The molecule has 0 spiro atoms. The first kappa shape index (κ1) is 15.6. The lowest BCUT2D eigenvalue weighted by Gasteiger charge is -2.25. The van der Waals surface area contributed by atoms with Gasteiger partial charge in [-0.2, -0.15) is 0 Å². The third-order valence-corrected chi connectivity index (χ3v) is 3.83. The van der Waals surface area contributed by atoms with Gasteiger partial charge in [-0.3, -0.25) is 9.59 Å². The Hall–Kier alpha value is -2.24. The van der Waals surface area contributed by atoms with Crippen molar-refractivity contribution in [1.82, 2.24) is 0 Å². The molecule has 0 aliphatic carbocycles. The molecule has 2 aromatic carbocycles. The lowest BCUT2D eigenvalue weighted by molar-refractivity contribution is -0.128. The summed E-state index contributed by atoms with van der Waals surface area (Å²) in [6, 6.07) is 11.8. The Balaban J connectivity index is 1.67. The van der Waals surface area contributed by atoms with Gasteiger partial charge in [0, 0.05) is 5.02 Å². The van der Waals surface area contributed by atoms with Gasteiger partial charge in [0.05, 0.1) is 22.8 Å². The number of nitrogens with one attached hydrogen (secondary N) is 2. The maximum Gasteiger partial charge on any atom is 0.266 e. The van der Waals surface area contributed by atoms with E-state index in [1.807, 2.05) is 0 Å². The molecular formula is C16H12Cl2N2O3. The number of rotatable bonds is 3. The fourth-order valence-corrected chi connectivity index (χ4v) is 2.64. The van der Waals surface area contributed by atoms with Crippen LogP contribution in [0.5, 0.6) is 5.75 Å². The summed E-state index contributed by atoms with van der Waals surface area (Å²) in [6.45, 7) is 0. The van der Waals surface area contributed by atoms with E-state index in [4.69, 9.17) is 27.9 Å². The Morgan fingerprint density at radius 1 is 1.22 bits per heavy atom. The number of carbonyl (C=O) groups is 2. The molecular weight excluding hydrogens is 339 g/mol. The highest BCUT2D eigenvalue weighted by atomic mass is 35.5. The summed E-state index contributed by atoms with van der Waals surface area (Å²) in [5.74, 6) is -0.204. The molecule has 1 unspecified atom stereocenters. The third kappa shape index (κ3) is 3.57. The number of carbonyl (C=O) groups excluding carboxylic acids is 2. The van der Waals surface area contributed by atoms with Crippen molar-refractivity contribution in [2.45, 2.75) is 12.5 Å². The van der Waals surface area contributed by atoms with Crippen molar-refractivity contribution >= 4 is 46.4 Å². The largest absolute Gasteiger partial charge is 0.478 e. The van der Waals surface area contributed by atoms with E-state index < -0.39 is 6.10 Å². The molecule has 0 fully saturated rings. The van der Waals surface area contributed by atoms with Crippen molar-refractivity contribution in [3.05, 3.63) is 52.5 Å². The number of ether oxygens (including phenoxy) is 1. The molecule has 0 saturated heterocycles. The number of hydrogen-bond acceptors (Lipinski definition) is 3. The predicted octanol–water partition coefficient (Wildman–Crippen LogP) is 3.72. The SMILES string of the molecule is O=C(CC1Oc2ccccc2NC1=O)Nc1ccc(Cl)cc1Cl. The van der Waals surface area contributed by atoms with E-state index in [0.29, 0.717) is 27.2 Å². The van der Waals surface area contributed by atoms with E-state index in [0.717, 1.165) is 0 Å². The van der Waals surface area contributed by atoms with Gasteiger partial charge in [0.15, 0.2) is 6.10 Å². The zero-order valence-corrected chi connectivity index (χ0v) is 13.3. The van der Waals surface area contributed by atoms with E-state index in [9.17, 15) is 9.59 Å². The van der Waals surface area contributed by atoms with Crippen LogP contribution in [0.1, 0.15) is 6.42 Å². The Bertz CT molecular complexity index is 780.